The van der Waals surface area contributed by atoms with Gasteiger partial charge < -0.3 is 14.5 Å². The number of ether oxygens (including phenoxy) is 1. The molecular formula is C27H25F2N3O3. The van der Waals surface area contributed by atoms with E-state index in [9.17, 15) is 23.6 Å². The molecule has 1 aliphatic carbocycles. The van der Waals surface area contributed by atoms with Gasteiger partial charge in [-0.1, -0.05) is 12.1 Å². The van der Waals surface area contributed by atoms with Crippen molar-refractivity contribution in [1.29, 1.82) is 5.26 Å². The second-order valence-corrected chi connectivity index (χ2v) is 10.1. The second kappa shape index (κ2) is 7.85. The largest absolute Gasteiger partial charge is 0.342 e. The average molecular weight is 478 g/mol. The van der Waals surface area contributed by atoms with Gasteiger partial charge in [0.25, 0.3) is 11.8 Å². The van der Waals surface area contributed by atoms with Crippen molar-refractivity contribution in [2.24, 2.45) is 0 Å². The summed E-state index contributed by atoms with van der Waals surface area (Å²) in [6, 6.07) is 12.6. The molecule has 8 heteroatoms. The molecule has 2 amide bonds. The molecule has 35 heavy (non-hydrogen) atoms. The number of piperidine rings is 1. The van der Waals surface area contributed by atoms with Gasteiger partial charge in [0, 0.05) is 37.6 Å². The van der Waals surface area contributed by atoms with Gasteiger partial charge in [-0.15, -0.1) is 0 Å². The van der Waals surface area contributed by atoms with Crippen molar-refractivity contribution in [3.8, 4) is 6.07 Å². The molecule has 3 aliphatic heterocycles. The van der Waals surface area contributed by atoms with Crippen molar-refractivity contribution in [1.82, 2.24) is 9.80 Å². The molecule has 0 radical (unpaired) electrons. The minimum absolute atomic E-state index is 0.116. The molecule has 1 spiro atoms. The molecule has 2 unspecified atom stereocenters. The summed E-state index contributed by atoms with van der Waals surface area (Å²) in [4.78, 5) is 30.1. The number of likely N-dealkylation sites (tertiary alicyclic amines) is 1. The fraction of sp³-hybridized carbons (Fsp3) is 0.444. The van der Waals surface area contributed by atoms with Crippen LogP contribution in [-0.2, 0) is 14.9 Å². The van der Waals surface area contributed by atoms with Gasteiger partial charge in [-0.05, 0) is 61.1 Å². The van der Waals surface area contributed by atoms with Crippen LogP contribution in [0, 0.1) is 23.0 Å². The van der Waals surface area contributed by atoms with E-state index in [0.717, 1.165) is 24.5 Å². The first-order valence-corrected chi connectivity index (χ1v) is 12.1. The molecule has 2 aromatic carbocycles. The Bertz CT molecular complexity index is 1240. The molecule has 180 valence electrons. The summed E-state index contributed by atoms with van der Waals surface area (Å²) in [5.74, 6) is -1.60. The number of fused-ring (bicyclic) bond motifs is 1. The van der Waals surface area contributed by atoms with Gasteiger partial charge in [0.1, 0.15) is 17.9 Å². The van der Waals surface area contributed by atoms with Gasteiger partial charge in [-0.2, -0.15) is 5.26 Å². The maximum absolute atomic E-state index is 13.8. The predicted octanol–water partition coefficient (Wildman–Crippen LogP) is 4.21. The summed E-state index contributed by atoms with van der Waals surface area (Å²) in [6.07, 6.45) is 3.14. The third-order valence-corrected chi connectivity index (χ3v) is 8.07. The lowest BCUT2D eigenvalue weighted by molar-refractivity contribution is -0.142. The maximum atomic E-state index is 13.8. The highest BCUT2D eigenvalue weighted by atomic mass is 19.1. The predicted molar refractivity (Wildman–Crippen MR) is 121 cm³/mol. The Kier molecular flexibility index (Phi) is 4.98. The van der Waals surface area contributed by atoms with Crippen molar-refractivity contribution >= 4 is 11.8 Å². The molecule has 2 aromatic rings. The van der Waals surface area contributed by atoms with Crippen molar-refractivity contribution in [3.05, 3.63) is 70.8 Å². The summed E-state index contributed by atoms with van der Waals surface area (Å²) in [5.41, 5.74) is 0.408. The van der Waals surface area contributed by atoms with Crippen molar-refractivity contribution < 1.29 is 23.1 Å². The van der Waals surface area contributed by atoms with E-state index in [0.29, 0.717) is 49.9 Å². The number of amides is 2. The van der Waals surface area contributed by atoms with Gasteiger partial charge in [-0.25, -0.2) is 8.78 Å². The molecule has 4 fully saturated rings. The zero-order chi connectivity index (χ0) is 24.4. The number of nitriles is 1. The van der Waals surface area contributed by atoms with E-state index >= 15 is 0 Å². The SMILES string of the molecule is N#CC1(c2cccc(C(=O)N3CCC4(CC3)OC3CCC(c5cc(F)cc(F)c5)N3C4=O)c2)CC1. The fourth-order valence-corrected chi connectivity index (χ4v) is 5.93. The van der Waals surface area contributed by atoms with Gasteiger partial charge in [-0.3, -0.25) is 9.59 Å². The highest BCUT2D eigenvalue weighted by molar-refractivity contribution is 5.95. The van der Waals surface area contributed by atoms with E-state index in [-0.39, 0.29) is 11.8 Å². The van der Waals surface area contributed by atoms with E-state index in [1.54, 1.807) is 15.9 Å². The van der Waals surface area contributed by atoms with Crippen LogP contribution in [-0.4, -0.2) is 46.5 Å². The van der Waals surface area contributed by atoms with Crippen molar-refractivity contribution in [2.45, 2.75) is 61.8 Å². The van der Waals surface area contributed by atoms with Crippen LogP contribution < -0.4 is 0 Å². The summed E-state index contributed by atoms with van der Waals surface area (Å²) in [7, 11) is 0. The highest BCUT2D eigenvalue weighted by Crippen LogP contribution is 2.49. The lowest BCUT2D eigenvalue weighted by atomic mass is 9.89. The maximum Gasteiger partial charge on any atom is 0.257 e. The quantitative estimate of drug-likeness (QED) is 0.664. The number of carbonyl (C=O) groups excluding carboxylic acids is 2. The third-order valence-electron chi connectivity index (χ3n) is 8.07. The molecule has 0 aromatic heterocycles. The first kappa shape index (κ1) is 22.2. The topological polar surface area (TPSA) is 73.6 Å². The Morgan fingerprint density at radius 3 is 2.40 bits per heavy atom. The highest BCUT2D eigenvalue weighted by Gasteiger charge is 2.58. The smallest absolute Gasteiger partial charge is 0.257 e. The molecule has 3 saturated heterocycles. The van der Waals surface area contributed by atoms with Crippen LogP contribution in [0.3, 0.4) is 0 Å². The van der Waals surface area contributed by atoms with E-state index in [1.165, 1.54) is 12.1 Å². The van der Waals surface area contributed by atoms with Gasteiger partial charge >= 0.3 is 0 Å². The third kappa shape index (κ3) is 3.52. The van der Waals surface area contributed by atoms with Crippen LogP contribution in [0.5, 0.6) is 0 Å². The summed E-state index contributed by atoms with van der Waals surface area (Å²) >= 11 is 0. The summed E-state index contributed by atoms with van der Waals surface area (Å²) in [6.45, 7) is 0.746. The van der Waals surface area contributed by atoms with Crippen LogP contribution in [0.4, 0.5) is 8.78 Å². The lowest BCUT2D eigenvalue weighted by Gasteiger charge is -2.37. The zero-order valence-corrected chi connectivity index (χ0v) is 19.2. The monoisotopic (exact) mass is 477 g/mol. The van der Waals surface area contributed by atoms with Crippen LogP contribution in [0.25, 0.3) is 0 Å². The van der Waals surface area contributed by atoms with E-state index < -0.39 is 34.9 Å². The van der Waals surface area contributed by atoms with Crippen molar-refractivity contribution in [2.75, 3.05) is 13.1 Å². The van der Waals surface area contributed by atoms with E-state index in [4.69, 9.17) is 4.74 Å². The number of carbonyl (C=O) groups is 2. The molecule has 6 rings (SSSR count). The van der Waals surface area contributed by atoms with E-state index in [1.807, 2.05) is 18.2 Å². The van der Waals surface area contributed by atoms with Gasteiger partial charge in [0.05, 0.1) is 17.5 Å². The van der Waals surface area contributed by atoms with Crippen LogP contribution in [0.1, 0.15) is 66.1 Å². The molecule has 4 aliphatic rings. The minimum atomic E-state index is -1.01. The Morgan fingerprint density at radius 1 is 1.03 bits per heavy atom. The standard InChI is InChI=1S/C27H25F2N3O3/c28-20-13-18(14-21(29)15-20)22-4-5-23-32(22)25(34)27(35-23)8-10-31(11-9-27)24(33)17-2-1-3-19(12-17)26(16-30)6-7-26/h1-3,12-15,22-23H,4-11H2. The lowest BCUT2D eigenvalue weighted by Crippen LogP contribution is -2.51. The molecule has 2 atom stereocenters. The first-order chi connectivity index (χ1) is 16.8. The number of hydrogen-bond acceptors (Lipinski definition) is 4. The molecule has 3 heterocycles. The number of benzene rings is 2. The minimum Gasteiger partial charge on any atom is -0.342 e. The first-order valence-electron chi connectivity index (χ1n) is 12.1. The number of rotatable bonds is 3. The summed E-state index contributed by atoms with van der Waals surface area (Å²) < 4.78 is 33.9. The van der Waals surface area contributed by atoms with Gasteiger partial charge in [0.2, 0.25) is 0 Å². The van der Waals surface area contributed by atoms with Crippen LogP contribution in [0.2, 0.25) is 0 Å². The fourth-order valence-electron chi connectivity index (χ4n) is 5.93. The Balaban J connectivity index is 1.16. The van der Waals surface area contributed by atoms with E-state index in [2.05, 4.69) is 6.07 Å². The number of halogens is 2. The molecule has 0 N–H and O–H groups in total. The Morgan fingerprint density at radius 2 is 1.74 bits per heavy atom. The Labute approximate surface area is 202 Å². The molecule has 6 nitrogen and oxygen atoms in total. The second-order valence-electron chi connectivity index (χ2n) is 10.1. The van der Waals surface area contributed by atoms with Crippen molar-refractivity contribution in [3.63, 3.8) is 0 Å². The zero-order valence-electron chi connectivity index (χ0n) is 19.2. The molecular weight excluding hydrogens is 452 g/mol. The van der Waals surface area contributed by atoms with Crippen LogP contribution in [0.15, 0.2) is 42.5 Å². The average Bonchev–Trinajstić information content (AvgIpc) is 3.49. The number of hydrogen-bond donors (Lipinski definition) is 0. The molecule has 0 bridgehead atoms. The van der Waals surface area contributed by atoms with Crippen LogP contribution >= 0.6 is 0 Å². The van der Waals surface area contributed by atoms with Gasteiger partial charge in [0.15, 0.2) is 5.60 Å². The normalized spacial score (nSPS) is 26.0. The summed E-state index contributed by atoms with van der Waals surface area (Å²) in [5, 5.41) is 9.48. The molecule has 1 saturated carbocycles. The Hall–Kier alpha value is -3.31. The number of nitrogens with zero attached hydrogens (tertiary/aromatic N) is 3.